The number of nitrogens with zero attached hydrogens (tertiary/aromatic N) is 2. The summed E-state index contributed by atoms with van der Waals surface area (Å²) in [5.74, 6) is -1.42. The summed E-state index contributed by atoms with van der Waals surface area (Å²) in [6.45, 7) is 0. The maximum absolute atomic E-state index is 12.7. The molecule has 5 rings (SSSR count). The number of aromatic nitrogens is 1. The van der Waals surface area contributed by atoms with E-state index in [0.29, 0.717) is 10.9 Å². The number of benzene rings is 4. The summed E-state index contributed by atoms with van der Waals surface area (Å²) in [6.07, 6.45) is 2.18. The van der Waals surface area contributed by atoms with Crippen LogP contribution in [0.2, 0.25) is 0 Å². The van der Waals surface area contributed by atoms with Crippen molar-refractivity contribution in [2.24, 2.45) is 0 Å². The first-order chi connectivity index (χ1) is 19.9. The molecule has 12 heteroatoms. The van der Waals surface area contributed by atoms with E-state index < -0.39 is 26.4 Å². The molecule has 0 saturated heterocycles. The van der Waals surface area contributed by atoms with E-state index >= 15 is 0 Å². The summed E-state index contributed by atoms with van der Waals surface area (Å²) in [4.78, 5) is 23.3. The second-order valence-electron chi connectivity index (χ2n) is 9.50. The standard InChI is InChI=1S/C30H22F3N3O5S/c31-30(32,33)42(40,41)34-29(37)23-13-11-20(12-14-23)17-24-19-35(27-16-15-25(36(38)39)18-26(24)27)28(21-7-3-1-4-8-21)22-9-5-2-6-10-22/h1-16,18-19,28H,17H2,(H,34,37). The molecule has 0 fully saturated rings. The fraction of sp³-hybridized carbons (Fsp3) is 0.100. The molecular weight excluding hydrogens is 571 g/mol. The van der Waals surface area contributed by atoms with Gasteiger partial charge in [-0.25, -0.2) is 4.72 Å². The third-order valence-corrected chi connectivity index (χ3v) is 7.82. The van der Waals surface area contributed by atoms with Gasteiger partial charge in [0.1, 0.15) is 0 Å². The molecule has 8 nitrogen and oxygen atoms in total. The van der Waals surface area contributed by atoms with Gasteiger partial charge in [0, 0.05) is 34.8 Å². The number of hydrogen-bond acceptors (Lipinski definition) is 5. The number of nitro benzene ring substituents is 1. The Labute approximate surface area is 238 Å². The lowest BCUT2D eigenvalue weighted by atomic mass is 9.98. The molecule has 0 atom stereocenters. The number of nitro groups is 1. The first kappa shape index (κ1) is 28.6. The van der Waals surface area contributed by atoms with Crippen LogP contribution in [0.15, 0.2) is 109 Å². The number of nitrogens with one attached hydrogen (secondary N) is 1. The second-order valence-corrected chi connectivity index (χ2v) is 11.2. The molecule has 1 heterocycles. The topological polar surface area (TPSA) is 111 Å². The normalized spacial score (nSPS) is 12.0. The molecule has 0 bridgehead atoms. The lowest BCUT2D eigenvalue weighted by Crippen LogP contribution is -2.40. The molecule has 1 N–H and O–H groups in total. The van der Waals surface area contributed by atoms with Gasteiger partial charge >= 0.3 is 15.5 Å². The highest BCUT2D eigenvalue weighted by Gasteiger charge is 2.47. The zero-order valence-electron chi connectivity index (χ0n) is 21.7. The van der Waals surface area contributed by atoms with Crippen molar-refractivity contribution in [1.82, 2.24) is 9.29 Å². The Morgan fingerprint density at radius 1 is 0.881 bits per heavy atom. The number of non-ortho nitro benzene ring substituents is 1. The molecule has 0 saturated carbocycles. The van der Waals surface area contributed by atoms with Gasteiger partial charge in [-0.2, -0.15) is 21.6 Å². The van der Waals surface area contributed by atoms with Crippen LogP contribution in [-0.2, 0) is 16.4 Å². The van der Waals surface area contributed by atoms with Crippen LogP contribution >= 0.6 is 0 Å². The molecule has 0 aliphatic heterocycles. The zero-order valence-corrected chi connectivity index (χ0v) is 22.5. The van der Waals surface area contributed by atoms with E-state index in [4.69, 9.17) is 0 Å². The Kier molecular flexibility index (Phi) is 7.57. The van der Waals surface area contributed by atoms with Gasteiger partial charge in [-0.15, -0.1) is 0 Å². The van der Waals surface area contributed by atoms with Crippen LogP contribution in [0, 0.1) is 10.1 Å². The minimum absolute atomic E-state index is 0.0876. The SMILES string of the molecule is O=C(NS(=O)(=O)C(F)(F)F)c1ccc(Cc2cn(C(c3ccccc3)c3ccccc3)c3ccc([N+](=O)[O-])cc23)cc1. The van der Waals surface area contributed by atoms with Crippen LogP contribution in [-0.4, -0.2) is 29.3 Å². The first-order valence-electron chi connectivity index (χ1n) is 12.5. The van der Waals surface area contributed by atoms with E-state index in [1.54, 1.807) is 6.07 Å². The molecule has 1 amide bonds. The van der Waals surface area contributed by atoms with Crippen molar-refractivity contribution in [1.29, 1.82) is 0 Å². The van der Waals surface area contributed by atoms with Crippen molar-refractivity contribution in [2.75, 3.05) is 0 Å². The van der Waals surface area contributed by atoms with E-state index in [2.05, 4.69) is 0 Å². The largest absolute Gasteiger partial charge is 0.516 e. The van der Waals surface area contributed by atoms with Crippen molar-refractivity contribution in [3.05, 3.63) is 147 Å². The highest BCUT2D eigenvalue weighted by Crippen LogP contribution is 2.35. The van der Waals surface area contributed by atoms with Gasteiger partial charge in [-0.05, 0) is 46.9 Å². The molecule has 42 heavy (non-hydrogen) atoms. The lowest BCUT2D eigenvalue weighted by molar-refractivity contribution is -0.384. The lowest BCUT2D eigenvalue weighted by Gasteiger charge is -2.21. The smallest absolute Gasteiger partial charge is 0.336 e. The van der Waals surface area contributed by atoms with E-state index in [9.17, 15) is 36.5 Å². The number of carbonyl (C=O) groups excluding carboxylic acids is 1. The number of alkyl halides is 3. The fourth-order valence-corrected chi connectivity index (χ4v) is 5.28. The number of halogens is 3. The minimum Gasteiger partial charge on any atom is -0.336 e. The van der Waals surface area contributed by atoms with E-state index in [-0.39, 0.29) is 23.7 Å². The number of fused-ring (bicyclic) bond motifs is 1. The minimum atomic E-state index is -5.85. The third kappa shape index (κ3) is 5.75. The maximum atomic E-state index is 12.7. The zero-order chi connectivity index (χ0) is 30.1. The van der Waals surface area contributed by atoms with Crippen LogP contribution in [0.5, 0.6) is 0 Å². The predicted octanol–water partition coefficient (Wildman–Crippen LogP) is 6.36. The first-order valence-corrected chi connectivity index (χ1v) is 14.0. The summed E-state index contributed by atoms with van der Waals surface area (Å²) in [5, 5.41) is 12.2. The molecular formula is C30H22F3N3O5S. The Hall–Kier alpha value is -4.97. The molecule has 0 radical (unpaired) electrons. The van der Waals surface area contributed by atoms with Crippen molar-refractivity contribution in [3.63, 3.8) is 0 Å². The molecule has 0 aliphatic carbocycles. The van der Waals surface area contributed by atoms with Crippen LogP contribution in [0.3, 0.4) is 0 Å². The molecule has 0 unspecified atom stereocenters. The Balaban J connectivity index is 1.55. The summed E-state index contributed by atoms with van der Waals surface area (Å²) >= 11 is 0. The van der Waals surface area contributed by atoms with Crippen molar-refractivity contribution < 1.29 is 31.3 Å². The number of hydrogen-bond donors (Lipinski definition) is 1. The van der Waals surface area contributed by atoms with E-state index in [1.807, 2.05) is 71.4 Å². The molecule has 5 aromatic rings. The van der Waals surface area contributed by atoms with Crippen molar-refractivity contribution >= 4 is 32.5 Å². The van der Waals surface area contributed by atoms with Crippen LogP contribution in [0.1, 0.15) is 38.7 Å². The third-order valence-electron chi connectivity index (χ3n) is 6.76. The van der Waals surface area contributed by atoms with Crippen molar-refractivity contribution in [2.45, 2.75) is 18.0 Å². The highest BCUT2D eigenvalue weighted by atomic mass is 32.2. The average Bonchev–Trinajstić information content (AvgIpc) is 3.30. The van der Waals surface area contributed by atoms with Crippen molar-refractivity contribution in [3.8, 4) is 0 Å². The molecule has 0 spiro atoms. The van der Waals surface area contributed by atoms with Crippen LogP contribution in [0.4, 0.5) is 18.9 Å². The van der Waals surface area contributed by atoms with Gasteiger partial charge in [0.15, 0.2) is 0 Å². The summed E-state index contributed by atoms with van der Waals surface area (Å²) < 4.78 is 63.6. The van der Waals surface area contributed by atoms with Crippen LogP contribution < -0.4 is 4.72 Å². The Morgan fingerprint density at radius 3 is 1.98 bits per heavy atom. The quantitative estimate of drug-likeness (QED) is 0.166. The number of amides is 1. The Morgan fingerprint density at radius 2 is 1.45 bits per heavy atom. The second kappa shape index (κ2) is 11.1. The summed E-state index contributed by atoms with van der Waals surface area (Å²) in [5.41, 5.74) is -1.87. The molecule has 0 aliphatic rings. The summed E-state index contributed by atoms with van der Waals surface area (Å²) in [6, 6.07) is 29.3. The maximum Gasteiger partial charge on any atom is 0.516 e. The molecule has 4 aromatic carbocycles. The van der Waals surface area contributed by atoms with Gasteiger partial charge < -0.3 is 4.57 Å². The monoisotopic (exact) mass is 593 g/mol. The predicted molar refractivity (Wildman–Crippen MR) is 150 cm³/mol. The molecule has 1 aromatic heterocycles. The average molecular weight is 594 g/mol. The number of sulfonamides is 1. The summed E-state index contributed by atoms with van der Waals surface area (Å²) in [7, 11) is -5.85. The highest BCUT2D eigenvalue weighted by molar-refractivity contribution is 7.90. The fourth-order valence-electron chi connectivity index (χ4n) is 4.80. The number of rotatable bonds is 8. The number of carbonyl (C=O) groups is 1. The van der Waals surface area contributed by atoms with Crippen LogP contribution in [0.25, 0.3) is 10.9 Å². The van der Waals surface area contributed by atoms with Gasteiger partial charge in [0.05, 0.1) is 11.0 Å². The van der Waals surface area contributed by atoms with Gasteiger partial charge in [-0.1, -0.05) is 72.8 Å². The molecule has 214 valence electrons. The van der Waals surface area contributed by atoms with Gasteiger partial charge in [-0.3, -0.25) is 14.9 Å². The van der Waals surface area contributed by atoms with E-state index in [1.165, 1.54) is 36.4 Å². The van der Waals surface area contributed by atoms with E-state index in [0.717, 1.165) is 26.9 Å². The van der Waals surface area contributed by atoms with Gasteiger partial charge in [0.2, 0.25) is 0 Å². The van der Waals surface area contributed by atoms with Gasteiger partial charge in [0.25, 0.3) is 11.6 Å². The Bertz CT molecular complexity index is 1830.